The molecule has 2 aliphatic rings. The first-order valence-electron chi connectivity index (χ1n) is 4.24. The van der Waals surface area contributed by atoms with E-state index in [0.29, 0.717) is 0 Å². The first-order chi connectivity index (χ1) is 5.61. The van der Waals surface area contributed by atoms with Gasteiger partial charge in [0.15, 0.2) is 0 Å². The number of hydrogen-bond donors (Lipinski definition) is 0. The molecule has 1 aliphatic heterocycles. The van der Waals surface area contributed by atoms with Crippen molar-refractivity contribution in [2.45, 2.75) is 27.7 Å². The molecule has 0 aromatic carbocycles. The van der Waals surface area contributed by atoms with Crippen molar-refractivity contribution in [2.24, 2.45) is 0 Å². The second-order valence-corrected chi connectivity index (χ2v) is 4.73. The van der Waals surface area contributed by atoms with Crippen LogP contribution in [0.3, 0.4) is 0 Å². The predicted octanol–water partition coefficient (Wildman–Crippen LogP) is 3.84. The standard InChI is InChI=1S/C11H13S/c1-6-5-10-11(7(6)2)8(3)9(4)12-10/h5H,1-4H3. The summed E-state index contributed by atoms with van der Waals surface area (Å²) in [6.07, 6.45) is 2.30. The zero-order valence-corrected chi connectivity index (χ0v) is 8.80. The zero-order valence-electron chi connectivity index (χ0n) is 7.99. The molecule has 0 aromatic heterocycles. The van der Waals surface area contributed by atoms with Gasteiger partial charge in [0.1, 0.15) is 0 Å². The summed E-state index contributed by atoms with van der Waals surface area (Å²) >= 11 is 1.91. The lowest BCUT2D eigenvalue weighted by Gasteiger charge is -2.02. The summed E-state index contributed by atoms with van der Waals surface area (Å²) in [7, 11) is 0. The van der Waals surface area contributed by atoms with Gasteiger partial charge in [-0.25, -0.2) is 0 Å². The minimum atomic E-state index is 1.43. The molecule has 0 aromatic rings. The van der Waals surface area contributed by atoms with Gasteiger partial charge in [-0.3, -0.25) is 0 Å². The van der Waals surface area contributed by atoms with Gasteiger partial charge in [0.05, 0.1) is 5.25 Å². The van der Waals surface area contributed by atoms with Crippen LogP contribution in [-0.4, -0.2) is 0 Å². The van der Waals surface area contributed by atoms with E-state index in [0.717, 1.165) is 0 Å². The smallest absolute Gasteiger partial charge is 0.0579 e. The lowest BCUT2D eigenvalue weighted by Crippen LogP contribution is -1.85. The van der Waals surface area contributed by atoms with Crippen molar-refractivity contribution in [1.29, 1.82) is 0 Å². The van der Waals surface area contributed by atoms with Crippen LogP contribution in [0.4, 0.5) is 0 Å². The molecule has 0 N–H and O–H groups in total. The van der Waals surface area contributed by atoms with Crippen molar-refractivity contribution in [3.8, 4) is 0 Å². The molecule has 0 spiro atoms. The second-order valence-electron chi connectivity index (χ2n) is 3.47. The van der Waals surface area contributed by atoms with Gasteiger partial charge in [-0.2, -0.15) is 0 Å². The Bertz CT molecular complexity index is 329. The summed E-state index contributed by atoms with van der Waals surface area (Å²) in [5.41, 5.74) is 5.86. The molecule has 1 heteroatoms. The van der Waals surface area contributed by atoms with Crippen LogP contribution in [0.15, 0.2) is 33.3 Å². The fraction of sp³-hybridized carbons (Fsp3) is 0.364. The molecule has 0 bridgehead atoms. The Hall–Kier alpha value is -0.430. The summed E-state index contributed by atoms with van der Waals surface area (Å²) in [5, 5.41) is 1.46. The largest absolute Gasteiger partial charge is 0.113 e. The lowest BCUT2D eigenvalue weighted by molar-refractivity contribution is 1.26. The van der Waals surface area contributed by atoms with E-state index in [1.807, 2.05) is 11.8 Å². The van der Waals surface area contributed by atoms with Gasteiger partial charge in [0.2, 0.25) is 0 Å². The van der Waals surface area contributed by atoms with E-state index in [1.165, 1.54) is 32.4 Å². The van der Waals surface area contributed by atoms with Crippen LogP contribution in [0.1, 0.15) is 27.7 Å². The average molecular weight is 177 g/mol. The van der Waals surface area contributed by atoms with Gasteiger partial charge in [0, 0.05) is 4.91 Å². The van der Waals surface area contributed by atoms with Crippen LogP contribution >= 0.6 is 11.8 Å². The second kappa shape index (κ2) is 2.53. The maximum Gasteiger partial charge on any atom is 0.0579 e. The summed E-state index contributed by atoms with van der Waals surface area (Å²) < 4.78 is 0. The summed E-state index contributed by atoms with van der Waals surface area (Å²) in [6, 6.07) is 0. The average Bonchev–Trinajstić information content (AvgIpc) is 2.40. The van der Waals surface area contributed by atoms with Crippen molar-refractivity contribution < 1.29 is 0 Å². The van der Waals surface area contributed by atoms with Crippen molar-refractivity contribution in [1.82, 2.24) is 0 Å². The van der Waals surface area contributed by atoms with Gasteiger partial charge in [-0.05, 0) is 56.1 Å². The topological polar surface area (TPSA) is 0 Å². The monoisotopic (exact) mass is 177 g/mol. The Morgan fingerprint density at radius 3 is 2.25 bits per heavy atom. The van der Waals surface area contributed by atoms with E-state index in [4.69, 9.17) is 0 Å². The Labute approximate surface area is 78.4 Å². The summed E-state index contributed by atoms with van der Waals surface area (Å²) in [4.78, 5) is 1.46. The molecule has 1 heterocycles. The van der Waals surface area contributed by atoms with Crippen molar-refractivity contribution in [3.63, 3.8) is 0 Å². The van der Waals surface area contributed by atoms with Crippen molar-refractivity contribution in [2.75, 3.05) is 0 Å². The molecular weight excluding hydrogens is 164 g/mol. The van der Waals surface area contributed by atoms with E-state index >= 15 is 0 Å². The predicted molar refractivity (Wildman–Crippen MR) is 55.7 cm³/mol. The van der Waals surface area contributed by atoms with Crippen LogP contribution in [0.5, 0.6) is 0 Å². The minimum absolute atomic E-state index is 1.43. The number of hydrogen-bond acceptors (Lipinski definition) is 1. The SMILES string of the molecule is C[C]1SC2=CC(C)=C(C)C2=C1C. The first kappa shape index (κ1) is 8.18. The number of allylic oxidation sites excluding steroid dienone is 4. The normalized spacial score (nSPS) is 23.8. The van der Waals surface area contributed by atoms with Gasteiger partial charge >= 0.3 is 0 Å². The van der Waals surface area contributed by atoms with Crippen LogP contribution in [-0.2, 0) is 0 Å². The summed E-state index contributed by atoms with van der Waals surface area (Å²) in [5.74, 6) is 0. The Morgan fingerprint density at radius 1 is 1.00 bits per heavy atom. The first-order valence-corrected chi connectivity index (χ1v) is 5.05. The fourth-order valence-electron chi connectivity index (χ4n) is 1.72. The highest BCUT2D eigenvalue weighted by Gasteiger charge is 2.29. The van der Waals surface area contributed by atoms with Gasteiger partial charge in [-0.1, -0.05) is 0 Å². The minimum Gasteiger partial charge on any atom is -0.113 e. The molecule has 0 nitrogen and oxygen atoms in total. The molecule has 1 aliphatic carbocycles. The van der Waals surface area contributed by atoms with Crippen LogP contribution < -0.4 is 0 Å². The third-order valence-electron chi connectivity index (χ3n) is 2.73. The highest BCUT2D eigenvalue weighted by molar-refractivity contribution is 8.06. The van der Waals surface area contributed by atoms with Crippen LogP contribution in [0.2, 0.25) is 0 Å². The third-order valence-corrected chi connectivity index (χ3v) is 3.88. The Balaban J connectivity index is 2.55. The van der Waals surface area contributed by atoms with E-state index < -0.39 is 0 Å². The van der Waals surface area contributed by atoms with E-state index in [-0.39, 0.29) is 0 Å². The molecule has 0 fully saturated rings. The number of thioether (sulfide) groups is 1. The lowest BCUT2D eigenvalue weighted by atomic mass is 10.0. The van der Waals surface area contributed by atoms with Crippen molar-refractivity contribution in [3.05, 3.63) is 38.5 Å². The quantitative estimate of drug-likeness (QED) is 0.542. The molecule has 0 saturated carbocycles. The van der Waals surface area contributed by atoms with E-state index in [9.17, 15) is 0 Å². The van der Waals surface area contributed by atoms with E-state index in [1.54, 1.807) is 0 Å². The third kappa shape index (κ3) is 0.925. The highest BCUT2D eigenvalue weighted by atomic mass is 32.2. The Kier molecular flexibility index (Phi) is 1.72. The summed E-state index contributed by atoms with van der Waals surface area (Å²) in [6.45, 7) is 8.84. The maximum atomic E-state index is 2.30. The highest BCUT2D eigenvalue weighted by Crippen LogP contribution is 2.52. The fourth-order valence-corrected chi connectivity index (χ4v) is 2.95. The van der Waals surface area contributed by atoms with Gasteiger partial charge < -0.3 is 0 Å². The maximum absolute atomic E-state index is 2.30. The molecule has 0 atom stereocenters. The van der Waals surface area contributed by atoms with Gasteiger partial charge in [-0.15, -0.1) is 11.8 Å². The Morgan fingerprint density at radius 2 is 1.67 bits per heavy atom. The molecule has 1 radical (unpaired) electrons. The molecule has 0 amide bonds. The van der Waals surface area contributed by atoms with Crippen LogP contribution in [0, 0.1) is 5.25 Å². The van der Waals surface area contributed by atoms with Gasteiger partial charge in [0.25, 0.3) is 0 Å². The van der Waals surface area contributed by atoms with Crippen LogP contribution in [0.25, 0.3) is 0 Å². The van der Waals surface area contributed by atoms with Crippen molar-refractivity contribution >= 4 is 11.8 Å². The molecule has 12 heavy (non-hydrogen) atoms. The molecule has 2 rings (SSSR count). The molecule has 0 saturated heterocycles. The van der Waals surface area contributed by atoms with E-state index in [2.05, 4.69) is 33.8 Å². The molecule has 63 valence electrons. The zero-order chi connectivity index (χ0) is 8.88. The number of rotatable bonds is 0. The number of fused-ring (bicyclic) bond motifs is 1. The molecule has 0 unspecified atom stereocenters. The molecular formula is C11H13S.